The smallest absolute Gasteiger partial charge is 0.376 e. The summed E-state index contributed by atoms with van der Waals surface area (Å²) in [7, 11) is 0. The number of carbonyl (C=O) groups is 1. The Bertz CT molecular complexity index is 1060. The molecule has 1 amide bonds. The van der Waals surface area contributed by atoms with Gasteiger partial charge in [0.2, 0.25) is 5.91 Å². The third kappa shape index (κ3) is 3.19. The van der Waals surface area contributed by atoms with Crippen LogP contribution in [0.3, 0.4) is 0 Å². The fourth-order valence-electron chi connectivity index (χ4n) is 3.70. The Morgan fingerprint density at radius 1 is 1.10 bits per heavy atom. The van der Waals surface area contributed by atoms with Gasteiger partial charge in [0.15, 0.2) is 11.4 Å². The van der Waals surface area contributed by atoms with Gasteiger partial charge in [-0.3, -0.25) is 9.89 Å². The largest absolute Gasteiger partial charge is 0.422 e. The number of hydrogen-bond acceptors (Lipinski definition) is 3. The van der Waals surface area contributed by atoms with Gasteiger partial charge in [0.05, 0.1) is 17.7 Å². The molecule has 0 aliphatic carbocycles. The minimum atomic E-state index is -5.02. The number of aromatic amines is 1. The van der Waals surface area contributed by atoms with Gasteiger partial charge in [-0.1, -0.05) is 61.5 Å². The number of benzene rings is 2. The summed E-state index contributed by atoms with van der Waals surface area (Å²) < 4.78 is 41.1. The van der Waals surface area contributed by atoms with Crippen molar-refractivity contribution in [1.82, 2.24) is 10.2 Å². The highest BCUT2D eigenvalue weighted by Gasteiger charge is 2.60. The maximum absolute atomic E-state index is 13.7. The van der Waals surface area contributed by atoms with E-state index in [2.05, 4.69) is 15.5 Å². The first-order valence-corrected chi connectivity index (χ1v) is 9.04. The number of halogens is 3. The molecule has 4 rings (SSSR count). The van der Waals surface area contributed by atoms with Gasteiger partial charge in [-0.25, -0.2) is 0 Å². The zero-order chi connectivity index (χ0) is 20.8. The molecule has 150 valence electrons. The number of nitrogens with one attached hydrogen (secondary N) is 2. The highest BCUT2D eigenvalue weighted by atomic mass is 19.4. The van der Waals surface area contributed by atoms with Crippen LogP contribution in [0.5, 0.6) is 0 Å². The Morgan fingerprint density at radius 3 is 2.48 bits per heavy atom. The Labute approximate surface area is 164 Å². The summed E-state index contributed by atoms with van der Waals surface area (Å²) in [4.78, 5) is 11.7. The number of nitrogens with zero attached hydrogens (tertiary/aromatic N) is 1. The molecular weight excluding hydrogens is 383 g/mol. The number of hydrogen-bond donors (Lipinski definition) is 3. The fourth-order valence-corrected chi connectivity index (χ4v) is 3.70. The van der Waals surface area contributed by atoms with Crippen molar-refractivity contribution >= 4 is 11.7 Å². The lowest BCUT2D eigenvalue weighted by molar-refractivity contribution is -0.267. The van der Waals surface area contributed by atoms with Crippen LogP contribution in [-0.4, -0.2) is 27.4 Å². The van der Waals surface area contributed by atoms with Crippen molar-refractivity contribution in [2.24, 2.45) is 0 Å². The number of H-pyrrole nitrogens is 1. The first-order valence-electron chi connectivity index (χ1n) is 9.04. The number of aliphatic hydroxyl groups is 1. The molecule has 29 heavy (non-hydrogen) atoms. The third-order valence-corrected chi connectivity index (χ3v) is 5.28. The van der Waals surface area contributed by atoms with E-state index in [1.807, 2.05) is 48.5 Å². The van der Waals surface area contributed by atoms with Gasteiger partial charge in [0.25, 0.3) is 0 Å². The lowest BCUT2D eigenvalue weighted by Gasteiger charge is -2.34. The minimum absolute atomic E-state index is 0.116. The Morgan fingerprint density at radius 2 is 1.79 bits per heavy atom. The van der Waals surface area contributed by atoms with Gasteiger partial charge < -0.3 is 10.4 Å². The Kier molecular flexibility index (Phi) is 4.46. The summed E-state index contributed by atoms with van der Waals surface area (Å²) in [5, 5.41) is 19.2. The molecule has 2 unspecified atom stereocenters. The topological polar surface area (TPSA) is 78.0 Å². The molecule has 8 heteroatoms. The van der Waals surface area contributed by atoms with Crippen molar-refractivity contribution in [1.29, 1.82) is 0 Å². The van der Waals surface area contributed by atoms with E-state index in [1.54, 1.807) is 13.0 Å². The highest BCUT2D eigenvalue weighted by molar-refractivity contribution is 5.94. The molecule has 2 atom stereocenters. The summed E-state index contributed by atoms with van der Waals surface area (Å²) in [6.07, 6.45) is -6.13. The van der Waals surface area contributed by atoms with Crippen LogP contribution < -0.4 is 5.32 Å². The van der Waals surface area contributed by atoms with Crippen LogP contribution in [-0.2, 0) is 10.4 Å². The van der Waals surface area contributed by atoms with Crippen molar-refractivity contribution in [2.75, 3.05) is 5.32 Å². The van der Waals surface area contributed by atoms with Crippen LogP contribution >= 0.6 is 0 Å². The van der Waals surface area contributed by atoms with Crippen LogP contribution in [0.25, 0.3) is 11.1 Å². The summed E-state index contributed by atoms with van der Waals surface area (Å²) in [6.45, 7) is 1.73. The molecule has 1 aromatic heterocycles. The third-order valence-electron chi connectivity index (χ3n) is 5.28. The molecule has 0 bridgehead atoms. The molecule has 0 saturated heterocycles. The molecule has 0 saturated carbocycles. The van der Waals surface area contributed by atoms with E-state index in [9.17, 15) is 23.1 Å². The Balaban J connectivity index is 1.79. The van der Waals surface area contributed by atoms with Crippen LogP contribution in [0.1, 0.15) is 36.1 Å². The van der Waals surface area contributed by atoms with E-state index >= 15 is 0 Å². The van der Waals surface area contributed by atoms with E-state index in [-0.39, 0.29) is 11.5 Å². The summed E-state index contributed by atoms with van der Waals surface area (Å²) in [5.41, 5.74) is -0.959. The van der Waals surface area contributed by atoms with Crippen LogP contribution in [0.15, 0.2) is 54.6 Å². The van der Waals surface area contributed by atoms with Crippen LogP contribution in [0.4, 0.5) is 19.0 Å². The summed E-state index contributed by atoms with van der Waals surface area (Å²) in [5.74, 6) is -1.75. The number of rotatable bonds is 3. The molecule has 1 aliphatic heterocycles. The van der Waals surface area contributed by atoms with Crippen molar-refractivity contribution < 1.29 is 23.1 Å². The molecule has 0 radical (unpaired) electrons. The number of fused-ring (bicyclic) bond motifs is 1. The standard InChI is InChI=1S/C21H18F3N3O2/c1-12(14-8-5-9-15(10-14)13-6-3-2-4-7-13)18-17-19(27-26-18)25-16(28)11-20(17,29)21(22,23)24/h2-10,12,29H,11H2,1H3,(H2,25,26,27,28). The monoisotopic (exact) mass is 401 g/mol. The van der Waals surface area contributed by atoms with Gasteiger partial charge in [-0.05, 0) is 16.7 Å². The van der Waals surface area contributed by atoms with E-state index in [4.69, 9.17) is 0 Å². The summed E-state index contributed by atoms with van der Waals surface area (Å²) in [6, 6.07) is 17.0. The van der Waals surface area contributed by atoms with E-state index in [1.165, 1.54) is 0 Å². The van der Waals surface area contributed by atoms with Crippen molar-refractivity contribution in [3.63, 3.8) is 0 Å². The van der Waals surface area contributed by atoms with Crippen LogP contribution in [0.2, 0.25) is 0 Å². The van der Waals surface area contributed by atoms with Gasteiger partial charge >= 0.3 is 6.18 Å². The maximum Gasteiger partial charge on any atom is 0.422 e. The predicted molar refractivity (Wildman–Crippen MR) is 101 cm³/mol. The molecule has 0 spiro atoms. The highest BCUT2D eigenvalue weighted by Crippen LogP contribution is 2.49. The van der Waals surface area contributed by atoms with Crippen molar-refractivity contribution in [3.8, 4) is 11.1 Å². The van der Waals surface area contributed by atoms with E-state index in [0.29, 0.717) is 0 Å². The van der Waals surface area contributed by atoms with Crippen molar-refractivity contribution in [3.05, 3.63) is 71.4 Å². The molecule has 5 nitrogen and oxygen atoms in total. The number of anilines is 1. The van der Waals surface area contributed by atoms with Gasteiger partial charge in [-0.15, -0.1) is 0 Å². The minimum Gasteiger partial charge on any atom is -0.376 e. The van der Waals surface area contributed by atoms with Gasteiger partial charge in [0.1, 0.15) is 0 Å². The average Bonchev–Trinajstić information content (AvgIpc) is 3.12. The number of alkyl halides is 3. The zero-order valence-electron chi connectivity index (χ0n) is 15.4. The van der Waals surface area contributed by atoms with Gasteiger partial charge in [-0.2, -0.15) is 18.3 Å². The molecule has 2 aromatic carbocycles. The maximum atomic E-state index is 13.7. The molecule has 0 fully saturated rings. The second-order valence-corrected chi connectivity index (χ2v) is 7.16. The number of carbonyl (C=O) groups excluding carboxylic acids is 1. The summed E-state index contributed by atoms with van der Waals surface area (Å²) >= 11 is 0. The molecule has 3 aromatic rings. The number of amides is 1. The molecular formula is C21H18F3N3O2. The van der Waals surface area contributed by atoms with Crippen LogP contribution in [0, 0.1) is 0 Å². The fraction of sp³-hybridized carbons (Fsp3) is 0.238. The van der Waals surface area contributed by atoms with E-state index in [0.717, 1.165) is 16.7 Å². The van der Waals surface area contributed by atoms with Gasteiger partial charge in [0, 0.05) is 5.92 Å². The SMILES string of the molecule is CC(c1cccc(-c2ccccc2)c1)c1[nH]nc2c1C(O)(C(F)(F)F)CC(=O)N2. The second-order valence-electron chi connectivity index (χ2n) is 7.16. The average molecular weight is 401 g/mol. The molecule has 3 N–H and O–H groups in total. The van der Waals surface area contributed by atoms with Crippen molar-refractivity contribution in [2.45, 2.75) is 31.0 Å². The predicted octanol–water partition coefficient (Wildman–Crippen LogP) is 4.32. The molecule has 2 heterocycles. The zero-order valence-corrected chi connectivity index (χ0v) is 15.4. The van der Waals surface area contributed by atoms with E-state index < -0.39 is 35.6 Å². The second kappa shape index (κ2) is 6.73. The lowest BCUT2D eigenvalue weighted by atomic mass is 9.82. The molecule has 1 aliphatic rings. The Hall–Kier alpha value is -3.13. The first-order chi connectivity index (χ1) is 13.7. The normalized spacial score (nSPS) is 20.1. The number of aromatic nitrogens is 2. The first kappa shape index (κ1) is 19.2. The lowest BCUT2D eigenvalue weighted by Crippen LogP contribution is -2.48. The quantitative estimate of drug-likeness (QED) is 0.612.